The van der Waals surface area contributed by atoms with Gasteiger partial charge in [-0.25, -0.2) is 0 Å². The Morgan fingerprint density at radius 1 is 1.35 bits per heavy atom. The number of ether oxygens (including phenoxy) is 1. The van der Waals surface area contributed by atoms with Crippen LogP contribution in [0.3, 0.4) is 0 Å². The number of anilines is 1. The topological polar surface area (TPSA) is 29.5 Å². The van der Waals surface area contributed by atoms with Gasteiger partial charge in [0.2, 0.25) is 0 Å². The summed E-state index contributed by atoms with van der Waals surface area (Å²) in [5, 5.41) is 0. The van der Waals surface area contributed by atoms with E-state index in [1.54, 1.807) is 0 Å². The van der Waals surface area contributed by atoms with Gasteiger partial charge in [-0.3, -0.25) is 4.79 Å². The number of hydrogen-bond donors (Lipinski definition) is 0. The van der Waals surface area contributed by atoms with Gasteiger partial charge < -0.3 is 9.64 Å². The van der Waals surface area contributed by atoms with E-state index < -0.39 is 0 Å². The number of aldehydes is 1. The van der Waals surface area contributed by atoms with Gasteiger partial charge in [-0.15, -0.1) is 0 Å². The molecule has 0 saturated carbocycles. The molecule has 0 radical (unpaired) electrons. The smallest absolute Gasteiger partial charge is 0.150 e. The molecule has 3 rings (SSSR count). The van der Waals surface area contributed by atoms with Gasteiger partial charge in [0.05, 0.1) is 6.61 Å². The highest BCUT2D eigenvalue weighted by Crippen LogP contribution is 2.53. The maximum atomic E-state index is 10.9. The van der Waals surface area contributed by atoms with Crippen LogP contribution < -0.4 is 4.90 Å². The second-order valence-electron chi connectivity index (χ2n) is 5.50. The van der Waals surface area contributed by atoms with Gasteiger partial charge in [-0.05, 0) is 30.7 Å². The van der Waals surface area contributed by atoms with E-state index >= 15 is 0 Å². The van der Waals surface area contributed by atoms with Crippen LogP contribution >= 0.6 is 0 Å². The maximum absolute atomic E-state index is 10.9. The molecule has 0 aliphatic carbocycles. The van der Waals surface area contributed by atoms with Gasteiger partial charge in [0.15, 0.2) is 0 Å². The highest BCUT2D eigenvalue weighted by molar-refractivity contribution is 5.79. The number of hydrogen-bond acceptors (Lipinski definition) is 3. The van der Waals surface area contributed by atoms with Crippen LogP contribution in [0, 0.1) is 0 Å². The van der Waals surface area contributed by atoms with Crippen LogP contribution in [-0.4, -0.2) is 25.2 Å². The Balaban J connectivity index is 2.23. The molecule has 2 heterocycles. The molecule has 0 bridgehead atoms. The van der Waals surface area contributed by atoms with E-state index in [1.165, 1.54) is 11.3 Å². The first-order valence-electron chi connectivity index (χ1n) is 6.02. The Morgan fingerprint density at radius 2 is 2.12 bits per heavy atom. The molecule has 1 aromatic rings. The molecule has 3 nitrogen and oxygen atoms in total. The van der Waals surface area contributed by atoms with Crippen LogP contribution in [0.1, 0.15) is 36.7 Å². The average Bonchev–Trinajstić information content (AvgIpc) is 2.77. The maximum Gasteiger partial charge on any atom is 0.150 e. The van der Waals surface area contributed by atoms with Gasteiger partial charge in [-0.2, -0.15) is 0 Å². The molecule has 90 valence electrons. The molecular formula is C14H17NO2. The highest BCUT2D eigenvalue weighted by atomic mass is 16.5. The second kappa shape index (κ2) is 3.10. The van der Waals surface area contributed by atoms with Crippen LogP contribution in [0.2, 0.25) is 0 Å². The Hall–Kier alpha value is -1.35. The lowest BCUT2D eigenvalue weighted by Crippen LogP contribution is -2.50. The van der Waals surface area contributed by atoms with Crippen molar-refractivity contribution in [3.05, 3.63) is 29.3 Å². The van der Waals surface area contributed by atoms with Crippen molar-refractivity contribution in [1.82, 2.24) is 0 Å². The third-order valence-electron chi connectivity index (χ3n) is 4.49. The average molecular weight is 231 g/mol. The van der Waals surface area contributed by atoms with E-state index in [1.807, 2.05) is 18.2 Å². The molecule has 2 aliphatic heterocycles. The zero-order valence-electron chi connectivity index (χ0n) is 10.5. The summed E-state index contributed by atoms with van der Waals surface area (Å²) >= 11 is 0. The number of carbonyl (C=O) groups excluding carboxylic acids is 1. The lowest BCUT2D eigenvalue weighted by molar-refractivity contribution is -0.0250. The van der Waals surface area contributed by atoms with E-state index in [2.05, 4.69) is 25.7 Å². The fourth-order valence-electron chi connectivity index (χ4n) is 3.11. The molecule has 1 atom stereocenters. The van der Waals surface area contributed by atoms with Crippen molar-refractivity contribution >= 4 is 12.0 Å². The van der Waals surface area contributed by atoms with E-state index in [0.29, 0.717) is 0 Å². The number of fused-ring (bicyclic) bond motifs is 3. The van der Waals surface area contributed by atoms with Crippen molar-refractivity contribution in [1.29, 1.82) is 0 Å². The third kappa shape index (κ3) is 1.12. The summed E-state index contributed by atoms with van der Waals surface area (Å²) in [6.07, 6.45) is 0.906. The Labute approximate surface area is 101 Å². The normalized spacial score (nSPS) is 29.0. The molecule has 1 aromatic carbocycles. The fraction of sp³-hybridized carbons (Fsp3) is 0.500. The standard InChI is InChI=1S/C14H17NO2/c1-13(2)11-8-10(9-16)4-5-12(11)15-6-7-17-14(13,15)3/h4-5,8-9H,6-7H2,1-3H3. The van der Waals surface area contributed by atoms with Crippen molar-refractivity contribution in [3.63, 3.8) is 0 Å². The molecule has 0 N–H and O–H groups in total. The SMILES string of the molecule is CC1(C)c2cc(C=O)ccc2N2CCOC21C. The number of rotatable bonds is 1. The molecule has 2 aliphatic rings. The third-order valence-corrected chi connectivity index (χ3v) is 4.49. The van der Waals surface area contributed by atoms with Gasteiger partial charge in [0.25, 0.3) is 0 Å². The van der Waals surface area contributed by atoms with Crippen LogP contribution in [0.5, 0.6) is 0 Å². The summed E-state index contributed by atoms with van der Waals surface area (Å²) in [6, 6.07) is 5.92. The van der Waals surface area contributed by atoms with E-state index in [4.69, 9.17) is 4.74 Å². The summed E-state index contributed by atoms with van der Waals surface area (Å²) in [5.74, 6) is 0. The summed E-state index contributed by atoms with van der Waals surface area (Å²) in [7, 11) is 0. The van der Waals surface area contributed by atoms with Gasteiger partial charge >= 0.3 is 0 Å². The molecule has 0 amide bonds. The summed E-state index contributed by atoms with van der Waals surface area (Å²) in [5.41, 5.74) is 2.78. The van der Waals surface area contributed by atoms with Gasteiger partial charge in [0.1, 0.15) is 12.0 Å². The minimum absolute atomic E-state index is 0.0994. The zero-order valence-corrected chi connectivity index (χ0v) is 10.5. The van der Waals surface area contributed by atoms with Crippen LogP contribution in [0.4, 0.5) is 5.69 Å². The quantitative estimate of drug-likeness (QED) is 0.695. The summed E-state index contributed by atoms with van der Waals surface area (Å²) in [6.45, 7) is 8.21. The van der Waals surface area contributed by atoms with Crippen LogP contribution in [0.25, 0.3) is 0 Å². The summed E-state index contributed by atoms with van der Waals surface area (Å²) in [4.78, 5) is 13.2. The predicted octanol–water partition coefficient (Wildman–Crippen LogP) is 2.34. The van der Waals surface area contributed by atoms with Crippen LogP contribution in [-0.2, 0) is 10.2 Å². The lowest BCUT2D eigenvalue weighted by atomic mass is 9.78. The molecule has 0 aromatic heterocycles. The molecule has 3 heteroatoms. The Kier molecular flexibility index (Phi) is 1.97. The van der Waals surface area contributed by atoms with Crippen molar-refractivity contribution < 1.29 is 9.53 Å². The van der Waals surface area contributed by atoms with Crippen molar-refractivity contribution in [2.45, 2.75) is 31.9 Å². The largest absolute Gasteiger partial charge is 0.353 e. The van der Waals surface area contributed by atoms with Gasteiger partial charge in [0, 0.05) is 23.2 Å². The first-order chi connectivity index (χ1) is 8.00. The number of carbonyl (C=O) groups is 1. The summed E-state index contributed by atoms with van der Waals surface area (Å²) < 4.78 is 5.97. The lowest BCUT2D eigenvalue weighted by Gasteiger charge is -2.38. The number of benzene rings is 1. The van der Waals surface area contributed by atoms with E-state index in [9.17, 15) is 4.79 Å². The molecule has 1 unspecified atom stereocenters. The first kappa shape index (κ1) is 10.8. The molecule has 17 heavy (non-hydrogen) atoms. The van der Waals surface area contributed by atoms with Crippen molar-refractivity contribution in [2.75, 3.05) is 18.1 Å². The van der Waals surface area contributed by atoms with Crippen molar-refractivity contribution in [2.24, 2.45) is 0 Å². The van der Waals surface area contributed by atoms with Crippen molar-refractivity contribution in [3.8, 4) is 0 Å². The fourth-order valence-corrected chi connectivity index (χ4v) is 3.11. The molecular weight excluding hydrogens is 214 g/mol. The highest BCUT2D eigenvalue weighted by Gasteiger charge is 2.57. The van der Waals surface area contributed by atoms with E-state index in [0.717, 1.165) is 25.0 Å². The molecule has 0 spiro atoms. The van der Waals surface area contributed by atoms with Gasteiger partial charge in [-0.1, -0.05) is 13.8 Å². The second-order valence-corrected chi connectivity index (χ2v) is 5.50. The first-order valence-corrected chi connectivity index (χ1v) is 6.02. The minimum Gasteiger partial charge on any atom is -0.353 e. The Morgan fingerprint density at radius 3 is 2.82 bits per heavy atom. The monoisotopic (exact) mass is 231 g/mol. The Bertz CT molecular complexity index is 495. The molecule has 1 saturated heterocycles. The van der Waals surface area contributed by atoms with Crippen LogP contribution in [0.15, 0.2) is 18.2 Å². The number of nitrogens with zero attached hydrogens (tertiary/aromatic N) is 1. The van der Waals surface area contributed by atoms with E-state index in [-0.39, 0.29) is 11.1 Å². The minimum atomic E-state index is -0.281. The zero-order chi connectivity index (χ0) is 12.3. The molecule has 1 fully saturated rings. The predicted molar refractivity (Wildman–Crippen MR) is 66.6 cm³/mol.